The van der Waals surface area contributed by atoms with E-state index in [1.165, 1.54) is 34.8 Å². The van der Waals surface area contributed by atoms with Crippen molar-refractivity contribution in [3.8, 4) is 0 Å². The van der Waals surface area contributed by atoms with Crippen LogP contribution in [0.25, 0.3) is 0 Å². The lowest BCUT2D eigenvalue weighted by Crippen LogP contribution is -2.50. The number of aromatic nitrogens is 1. The number of aryl methyl sites for hydroxylation is 2. The average Bonchev–Trinajstić information content (AvgIpc) is 3.05. The Morgan fingerprint density at radius 1 is 1.36 bits per heavy atom. The molecule has 6 nitrogen and oxygen atoms in total. The van der Waals surface area contributed by atoms with Crippen LogP contribution in [0.3, 0.4) is 0 Å². The van der Waals surface area contributed by atoms with Crippen LogP contribution in [-0.4, -0.2) is 62.4 Å². The van der Waals surface area contributed by atoms with E-state index in [-0.39, 0.29) is 5.60 Å². The minimum atomic E-state index is -0.157. The van der Waals surface area contributed by atoms with Crippen molar-refractivity contribution in [2.45, 2.75) is 50.7 Å². The first-order valence-electron chi connectivity index (χ1n) is 9.18. The molecule has 7 heteroatoms. The van der Waals surface area contributed by atoms with E-state index in [2.05, 4.69) is 22.3 Å². The molecule has 2 aliphatic rings. The molecule has 0 radical (unpaired) electrons. The predicted molar refractivity (Wildman–Crippen MR) is 101 cm³/mol. The number of fused-ring (bicyclic) bond motifs is 1. The Morgan fingerprint density at radius 2 is 2.12 bits per heavy atom. The number of ether oxygens (including phenoxy) is 2. The molecular weight excluding hydrogens is 336 g/mol. The van der Waals surface area contributed by atoms with Crippen molar-refractivity contribution in [2.24, 2.45) is 4.99 Å². The molecule has 0 bridgehead atoms. The van der Waals surface area contributed by atoms with Gasteiger partial charge in [-0.1, -0.05) is 0 Å². The average molecular weight is 367 g/mol. The third kappa shape index (κ3) is 4.51. The molecule has 1 aromatic heterocycles. The highest BCUT2D eigenvalue weighted by atomic mass is 32.1. The number of methoxy groups -OCH3 is 1. The minimum absolute atomic E-state index is 0.157. The first-order valence-corrected chi connectivity index (χ1v) is 9.99. The molecule has 25 heavy (non-hydrogen) atoms. The Hall–Kier alpha value is -1.18. The fraction of sp³-hybridized carbons (Fsp3) is 0.778. The zero-order valence-electron chi connectivity index (χ0n) is 15.6. The third-order valence-corrected chi connectivity index (χ3v) is 6.38. The fourth-order valence-corrected chi connectivity index (χ4v) is 4.78. The van der Waals surface area contributed by atoms with Crippen LogP contribution in [0.1, 0.15) is 41.3 Å². The molecule has 0 aromatic carbocycles. The Kier molecular flexibility index (Phi) is 6.30. The first kappa shape index (κ1) is 18.6. The largest absolute Gasteiger partial charge is 0.381 e. The van der Waals surface area contributed by atoms with Gasteiger partial charge in [-0.3, -0.25) is 4.99 Å². The summed E-state index contributed by atoms with van der Waals surface area (Å²) in [5.74, 6) is 0.885. The van der Waals surface area contributed by atoms with E-state index in [9.17, 15) is 0 Å². The summed E-state index contributed by atoms with van der Waals surface area (Å²) in [7, 11) is 5.69. The highest BCUT2D eigenvalue weighted by Crippen LogP contribution is 2.27. The zero-order chi connectivity index (χ0) is 17.7. The summed E-state index contributed by atoms with van der Waals surface area (Å²) in [5.41, 5.74) is 1.16. The highest BCUT2D eigenvalue weighted by Gasteiger charge is 2.32. The van der Waals surface area contributed by atoms with E-state index in [4.69, 9.17) is 14.5 Å². The SMILES string of the molecule is CN=C(NCC1(OC)CCOCC1)N(C)Cc1nc2c(s1)CCCC2. The smallest absolute Gasteiger partial charge is 0.193 e. The normalized spacial score (nSPS) is 20.2. The second-order valence-corrected chi connectivity index (χ2v) is 8.11. The van der Waals surface area contributed by atoms with Gasteiger partial charge in [0.2, 0.25) is 0 Å². The lowest BCUT2D eigenvalue weighted by molar-refractivity contribution is -0.0857. The number of thiazole rings is 1. The van der Waals surface area contributed by atoms with E-state index >= 15 is 0 Å². The van der Waals surface area contributed by atoms with E-state index in [1.807, 2.05) is 18.4 Å². The van der Waals surface area contributed by atoms with Crippen molar-refractivity contribution >= 4 is 17.3 Å². The first-order chi connectivity index (χ1) is 12.2. The van der Waals surface area contributed by atoms with E-state index in [0.29, 0.717) is 0 Å². The summed E-state index contributed by atoms with van der Waals surface area (Å²) < 4.78 is 11.3. The lowest BCUT2D eigenvalue weighted by atomic mass is 9.94. The Morgan fingerprint density at radius 3 is 2.80 bits per heavy atom. The molecule has 2 heterocycles. The monoisotopic (exact) mass is 366 g/mol. The number of nitrogens with one attached hydrogen (secondary N) is 1. The van der Waals surface area contributed by atoms with Crippen molar-refractivity contribution < 1.29 is 9.47 Å². The molecule has 1 aromatic rings. The highest BCUT2D eigenvalue weighted by molar-refractivity contribution is 7.11. The third-order valence-electron chi connectivity index (χ3n) is 5.24. The van der Waals surface area contributed by atoms with Gasteiger partial charge in [0.05, 0.1) is 17.8 Å². The molecule has 140 valence electrons. The molecular formula is C18H30N4O2S. The summed E-state index contributed by atoms with van der Waals surface area (Å²) >= 11 is 1.86. The van der Waals surface area contributed by atoms with E-state index < -0.39 is 0 Å². The molecule has 1 aliphatic carbocycles. The lowest BCUT2D eigenvalue weighted by Gasteiger charge is -2.37. The molecule has 3 rings (SSSR count). The predicted octanol–water partition coefficient (Wildman–Crippen LogP) is 2.22. The Bertz CT molecular complexity index is 572. The van der Waals surface area contributed by atoms with Crippen LogP contribution in [0.4, 0.5) is 0 Å². The number of hydrogen-bond acceptors (Lipinski definition) is 5. The van der Waals surface area contributed by atoms with Crippen molar-refractivity contribution in [3.63, 3.8) is 0 Å². The van der Waals surface area contributed by atoms with Gasteiger partial charge >= 0.3 is 0 Å². The molecule has 1 N–H and O–H groups in total. The van der Waals surface area contributed by atoms with Crippen LogP contribution in [-0.2, 0) is 28.9 Å². The molecule has 0 amide bonds. The van der Waals surface area contributed by atoms with Crippen molar-refractivity contribution in [2.75, 3.05) is 41.0 Å². The topological polar surface area (TPSA) is 59.0 Å². The fourth-order valence-electron chi connectivity index (χ4n) is 3.57. The number of guanidine groups is 1. The van der Waals surface area contributed by atoms with Gasteiger partial charge in [-0.15, -0.1) is 11.3 Å². The summed E-state index contributed by atoms with van der Waals surface area (Å²) in [6.45, 7) is 3.06. The van der Waals surface area contributed by atoms with Gasteiger partial charge in [0, 0.05) is 58.7 Å². The van der Waals surface area contributed by atoms with E-state index in [1.54, 1.807) is 7.11 Å². The van der Waals surface area contributed by atoms with Gasteiger partial charge in [0.25, 0.3) is 0 Å². The van der Waals surface area contributed by atoms with Gasteiger partial charge in [-0.05, 0) is 25.7 Å². The van der Waals surface area contributed by atoms with Crippen LogP contribution >= 0.6 is 11.3 Å². The molecule has 0 saturated carbocycles. The van der Waals surface area contributed by atoms with Crippen LogP contribution in [0.2, 0.25) is 0 Å². The molecule has 1 saturated heterocycles. The van der Waals surface area contributed by atoms with Crippen LogP contribution < -0.4 is 5.32 Å². The summed E-state index contributed by atoms with van der Waals surface area (Å²) in [6, 6.07) is 0. The van der Waals surface area contributed by atoms with Crippen molar-refractivity contribution in [3.05, 3.63) is 15.6 Å². The quantitative estimate of drug-likeness (QED) is 0.640. The standard InChI is InChI=1S/C18H30N4O2S/c1-19-17(20-13-18(23-3)8-10-24-11-9-18)22(2)12-16-21-14-6-4-5-7-15(14)25-16/h4-13H2,1-3H3,(H,19,20). The maximum Gasteiger partial charge on any atom is 0.193 e. The number of hydrogen-bond donors (Lipinski definition) is 1. The minimum Gasteiger partial charge on any atom is -0.381 e. The second kappa shape index (κ2) is 8.47. The van der Waals surface area contributed by atoms with Gasteiger partial charge in [0.15, 0.2) is 5.96 Å². The summed E-state index contributed by atoms with van der Waals surface area (Å²) in [5, 5.41) is 4.67. The summed E-state index contributed by atoms with van der Waals surface area (Å²) in [6.07, 6.45) is 6.74. The number of rotatable bonds is 5. The molecule has 1 fully saturated rings. The number of nitrogens with zero attached hydrogens (tertiary/aromatic N) is 3. The van der Waals surface area contributed by atoms with E-state index in [0.717, 1.165) is 51.5 Å². The molecule has 1 aliphatic heterocycles. The maximum absolute atomic E-state index is 5.80. The van der Waals surface area contributed by atoms with Gasteiger partial charge in [0.1, 0.15) is 5.01 Å². The van der Waals surface area contributed by atoms with Gasteiger partial charge in [-0.25, -0.2) is 4.98 Å². The molecule has 0 unspecified atom stereocenters. The summed E-state index contributed by atoms with van der Waals surface area (Å²) in [4.78, 5) is 12.9. The molecule has 0 spiro atoms. The van der Waals surface area contributed by atoms with Crippen molar-refractivity contribution in [1.82, 2.24) is 15.2 Å². The van der Waals surface area contributed by atoms with Crippen LogP contribution in [0.5, 0.6) is 0 Å². The van der Waals surface area contributed by atoms with Crippen LogP contribution in [0.15, 0.2) is 4.99 Å². The second-order valence-electron chi connectivity index (χ2n) is 6.94. The van der Waals surface area contributed by atoms with Gasteiger partial charge < -0.3 is 19.7 Å². The van der Waals surface area contributed by atoms with Crippen LogP contribution in [0, 0.1) is 0 Å². The Balaban J connectivity index is 1.57. The van der Waals surface area contributed by atoms with Gasteiger partial charge in [-0.2, -0.15) is 0 Å². The van der Waals surface area contributed by atoms with Crippen molar-refractivity contribution in [1.29, 1.82) is 0 Å². The zero-order valence-corrected chi connectivity index (χ0v) is 16.5. The number of aliphatic imine (C=N–C) groups is 1. The Labute approximate surface area is 154 Å². The maximum atomic E-state index is 5.80. The molecule has 0 atom stereocenters.